The SMILES string of the molecule is O=C(Nc1ccc2cc1CCc1cccc(c1)Nc1ncc(Cl)c(n1)N2)[C@@H]1CCN(C(=O)Nc2ccccc2)C1. The molecule has 0 spiro atoms. The second-order valence-corrected chi connectivity index (χ2v) is 10.3. The van der Waals surface area contributed by atoms with E-state index < -0.39 is 0 Å². The Morgan fingerprint density at radius 1 is 0.925 bits per heavy atom. The van der Waals surface area contributed by atoms with Crippen LogP contribution >= 0.6 is 11.6 Å². The van der Waals surface area contributed by atoms with Gasteiger partial charge in [0.2, 0.25) is 11.9 Å². The average Bonchev–Trinajstić information content (AvgIpc) is 3.46. The number of para-hydroxylation sites is 1. The minimum Gasteiger partial charge on any atom is -0.339 e. The third-order valence-electron chi connectivity index (χ3n) is 7.11. The van der Waals surface area contributed by atoms with Crippen LogP contribution in [-0.2, 0) is 17.6 Å². The highest BCUT2D eigenvalue weighted by Crippen LogP contribution is 2.30. The molecule has 3 aromatic carbocycles. The van der Waals surface area contributed by atoms with E-state index in [0.29, 0.717) is 42.7 Å². The number of urea groups is 1. The number of likely N-dealkylation sites (tertiary alicyclic amines) is 1. The summed E-state index contributed by atoms with van der Waals surface area (Å²) in [5.41, 5.74) is 5.29. The van der Waals surface area contributed by atoms with Gasteiger partial charge in [0.05, 0.1) is 12.1 Å². The zero-order valence-electron chi connectivity index (χ0n) is 21.7. The van der Waals surface area contributed by atoms with Crippen LogP contribution < -0.4 is 21.3 Å². The summed E-state index contributed by atoms with van der Waals surface area (Å²) in [5, 5.41) is 13.0. The summed E-state index contributed by atoms with van der Waals surface area (Å²) in [6.45, 7) is 0.895. The van der Waals surface area contributed by atoms with Crippen LogP contribution in [0.4, 0.5) is 39.3 Å². The molecule has 10 heteroatoms. The zero-order chi connectivity index (χ0) is 27.5. The summed E-state index contributed by atoms with van der Waals surface area (Å²) in [6.07, 6.45) is 3.65. The molecule has 6 rings (SSSR count). The number of anilines is 6. The maximum absolute atomic E-state index is 13.3. The van der Waals surface area contributed by atoms with Crippen molar-refractivity contribution in [3.05, 3.63) is 95.1 Å². The first-order valence-corrected chi connectivity index (χ1v) is 13.6. The molecule has 3 amide bonds. The monoisotopic (exact) mass is 553 g/mol. The minimum atomic E-state index is -0.290. The molecule has 0 saturated carbocycles. The van der Waals surface area contributed by atoms with Crippen molar-refractivity contribution < 1.29 is 9.59 Å². The molecule has 2 aliphatic heterocycles. The Kier molecular flexibility index (Phi) is 7.20. The van der Waals surface area contributed by atoms with Crippen LogP contribution in [-0.4, -0.2) is 39.9 Å². The Hall–Kier alpha value is -4.63. The molecule has 4 N–H and O–H groups in total. The van der Waals surface area contributed by atoms with E-state index in [1.165, 1.54) is 0 Å². The van der Waals surface area contributed by atoms with Gasteiger partial charge in [-0.05, 0) is 72.9 Å². The Labute approximate surface area is 237 Å². The number of aromatic nitrogens is 2. The van der Waals surface area contributed by atoms with Crippen molar-refractivity contribution in [2.75, 3.05) is 34.4 Å². The van der Waals surface area contributed by atoms with Crippen molar-refractivity contribution in [1.29, 1.82) is 0 Å². The van der Waals surface area contributed by atoms with Crippen molar-refractivity contribution in [3.8, 4) is 0 Å². The van der Waals surface area contributed by atoms with E-state index >= 15 is 0 Å². The molecule has 4 aromatic rings. The van der Waals surface area contributed by atoms with Gasteiger partial charge in [0.15, 0.2) is 5.82 Å². The Morgan fingerprint density at radius 2 is 1.77 bits per heavy atom. The Bertz CT molecular complexity index is 1560. The summed E-state index contributed by atoms with van der Waals surface area (Å²) in [7, 11) is 0. The molecule has 3 heterocycles. The van der Waals surface area contributed by atoms with Gasteiger partial charge in [-0.3, -0.25) is 4.79 Å². The molecule has 0 radical (unpaired) electrons. The fraction of sp³-hybridized carbons (Fsp3) is 0.200. The number of nitrogens with one attached hydrogen (secondary N) is 4. The first-order valence-electron chi connectivity index (χ1n) is 13.2. The van der Waals surface area contributed by atoms with Crippen molar-refractivity contribution in [3.63, 3.8) is 0 Å². The fourth-order valence-electron chi connectivity index (χ4n) is 4.98. The molecule has 1 aromatic heterocycles. The lowest BCUT2D eigenvalue weighted by Gasteiger charge is -2.18. The van der Waals surface area contributed by atoms with Crippen LogP contribution in [0.1, 0.15) is 17.5 Å². The number of hydrogen-bond donors (Lipinski definition) is 4. The van der Waals surface area contributed by atoms with Gasteiger partial charge >= 0.3 is 6.03 Å². The van der Waals surface area contributed by atoms with Crippen molar-refractivity contribution in [2.45, 2.75) is 19.3 Å². The second-order valence-electron chi connectivity index (χ2n) is 9.93. The van der Waals surface area contributed by atoms with E-state index in [2.05, 4.69) is 43.4 Å². The number of carbonyl (C=O) groups excluding carboxylic acids is 2. The summed E-state index contributed by atoms with van der Waals surface area (Å²) in [6, 6.07) is 23.0. The third-order valence-corrected chi connectivity index (χ3v) is 7.38. The molecule has 1 saturated heterocycles. The molecule has 0 unspecified atom stereocenters. The van der Waals surface area contributed by atoms with E-state index in [-0.39, 0.29) is 17.9 Å². The van der Waals surface area contributed by atoms with Gasteiger partial charge in [-0.15, -0.1) is 0 Å². The van der Waals surface area contributed by atoms with Crippen LogP contribution in [0, 0.1) is 5.92 Å². The van der Waals surface area contributed by atoms with Crippen LogP contribution in [0.3, 0.4) is 0 Å². The van der Waals surface area contributed by atoms with Crippen LogP contribution in [0.25, 0.3) is 0 Å². The topological polar surface area (TPSA) is 111 Å². The van der Waals surface area contributed by atoms with Gasteiger partial charge in [0.1, 0.15) is 5.02 Å². The lowest BCUT2D eigenvalue weighted by molar-refractivity contribution is -0.119. The molecule has 202 valence electrons. The molecular weight excluding hydrogens is 526 g/mol. The second kappa shape index (κ2) is 11.2. The summed E-state index contributed by atoms with van der Waals surface area (Å²) in [5.74, 6) is 0.541. The summed E-state index contributed by atoms with van der Waals surface area (Å²) < 4.78 is 0. The van der Waals surface area contributed by atoms with E-state index in [9.17, 15) is 9.59 Å². The van der Waals surface area contributed by atoms with Crippen molar-refractivity contribution in [1.82, 2.24) is 14.9 Å². The molecule has 9 nitrogen and oxygen atoms in total. The van der Waals surface area contributed by atoms with Gasteiger partial charge in [-0.1, -0.05) is 41.9 Å². The number of amides is 3. The maximum atomic E-state index is 13.3. The van der Waals surface area contributed by atoms with Crippen molar-refractivity contribution in [2.24, 2.45) is 5.92 Å². The van der Waals surface area contributed by atoms with Gasteiger partial charge < -0.3 is 26.2 Å². The van der Waals surface area contributed by atoms with Gasteiger partial charge in [0, 0.05) is 35.8 Å². The number of benzene rings is 3. The van der Waals surface area contributed by atoms with E-state index in [1.54, 1.807) is 11.1 Å². The number of rotatable bonds is 3. The van der Waals surface area contributed by atoms with E-state index in [0.717, 1.165) is 40.3 Å². The summed E-state index contributed by atoms with van der Waals surface area (Å²) in [4.78, 5) is 36.5. The predicted octanol–water partition coefficient (Wildman–Crippen LogP) is 6.21. The number of halogens is 1. The first-order chi connectivity index (χ1) is 19.5. The highest BCUT2D eigenvalue weighted by atomic mass is 35.5. The lowest BCUT2D eigenvalue weighted by Crippen LogP contribution is -2.34. The minimum absolute atomic E-state index is 0.0930. The highest BCUT2D eigenvalue weighted by Gasteiger charge is 2.31. The summed E-state index contributed by atoms with van der Waals surface area (Å²) >= 11 is 6.38. The Balaban J connectivity index is 1.20. The quantitative estimate of drug-likeness (QED) is 0.240. The third kappa shape index (κ3) is 5.84. The maximum Gasteiger partial charge on any atom is 0.321 e. The molecule has 1 atom stereocenters. The molecule has 0 aliphatic carbocycles. The van der Waals surface area contributed by atoms with Gasteiger partial charge in [-0.25, -0.2) is 9.78 Å². The van der Waals surface area contributed by atoms with E-state index in [4.69, 9.17) is 11.6 Å². The molecular formula is C30H28ClN7O2. The predicted molar refractivity (Wildman–Crippen MR) is 158 cm³/mol. The van der Waals surface area contributed by atoms with Crippen LogP contribution in [0.2, 0.25) is 5.02 Å². The zero-order valence-corrected chi connectivity index (χ0v) is 22.4. The fourth-order valence-corrected chi connectivity index (χ4v) is 5.12. The number of nitrogens with zero attached hydrogens (tertiary/aromatic N) is 3. The van der Waals surface area contributed by atoms with E-state index in [1.807, 2.05) is 60.7 Å². The Morgan fingerprint density at radius 3 is 2.65 bits per heavy atom. The number of carbonyl (C=O) groups is 2. The lowest BCUT2D eigenvalue weighted by atomic mass is 10.0. The highest BCUT2D eigenvalue weighted by molar-refractivity contribution is 6.32. The number of hydrogen-bond acceptors (Lipinski definition) is 6. The molecule has 6 bridgehead atoms. The van der Waals surface area contributed by atoms with Crippen molar-refractivity contribution >= 4 is 58.1 Å². The number of fused-ring (bicyclic) bond motifs is 6. The average molecular weight is 554 g/mol. The molecule has 40 heavy (non-hydrogen) atoms. The van der Waals surface area contributed by atoms with Gasteiger partial charge in [0.25, 0.3) is 0 Å². The normalized spacial score (nSPS) is 15.9. The molecule has 2 aliphatic rings. The first kappa shape index (κ1) is 25.6. The van der Waals surface area contributed by atoms with Crippen LogP contribution in [0.15, 0.2) is 79.0 Å². The smallest absolute Gasteiger partial charge is 0.321 e. The molecule has 1 fully saturated rings. The van der Waals surface area contributed by atoms with Gasteiger partial charge in [-0.2, -0.15) is 4.98 Å². The van der Waals surface area contributed by atoms with Crippen LogP contribution in [0.5, 0.6) is 0 Å². The standard InChI is InChI=1S/C30H28ClN7O2/c31-25-17-32-29-34-23-8-4-5-19(15-23)9-10-20-16-24(33-27(25)37-29)11-12-26(20)36-28(39)21-13-14-38(18-21)30(40)35-22-6-2-1-3-7-22/h1-8,11-12,15-17,21H,9-10,13-14,18H2,(H,35,40)(H,36,39)(H2,32,33,34,37)/t21-/m1/s1. The largest absolute Gasteiger partial charge is 0.339 e. The number of aryl methyl sites for hydroxylation is 2.